The first kappa shape index (κ1) is 10.9. The van der Waals surface area contributed by atoms with Crippen molar-refractivity contribution in [3.05, 3.63) is 29.8 Å². The minimum absolute atomic E-state index is 0.209. The van der Waals surface area contributed by atoms with Gasteiger partial charge in [0.2, 0.25) is 0 Å². The quantitative estimate of drug-likeness (QED) is 0.808. The second-order valence-electron chi connectivity index (χ2n) is 2.31. The van der Waals surface area contributed by atoms with Gasteiger partial charge >= 0.3 is 15.0 Å². The van der Waals surface area contributed by atoms with Crippen LogP contribution in [0.3, 0.4) is 0 Å². The summed E-state index contributed by atoms with van der Waals surface area (Å²) in [5.41, 5.74) is -0.209. The summed E-state index contributed by atoms with van der Waals surface area (Å²) in [6.45, 7) is 0. The first-order valence-electron chi connectivity index (χ1n) is 3.39. The van der Waals surface area contributed by atoms with Crippen LogP contribution < -0.4 is 4.18 Å². The highest BCUT2D eigenvalue weighted by Crippen LogP contribution is 2.19. The zero-order valence-corrected chi connectivity index (χ0v) is 8.38. The van der Waals surface area contributed by atoms with Gasteiger partial charge in [0.1, 0.15) is 5.56 Å². The predicted octanol–water partition coefficient (Wildman–Crippen LogP) is 0.898. The first-order chi connectivity index (χ1) is 6.40. The number of benzene rings is 1. The predicted molar refractivity (Wildman–Crippen MR) is 52.2 cm³/mol. The Hall–Kier alpha value is -1.18. The summed E-state index contributed by atoms with van der Waals surface area (Å²) in [7, 11) is -3.86. The molecule has 0 aliphatic carbocycles. The fraction of sp³-hybridized carbons (Fsp3) is 0. The number of carbonyl (C=O) groups is 1. The lowest BCUT2D eigenvalue weighted by molar-refractivity contribution is 0.0695. The lowest BCUT2D eigenvalue weighted by atomic mass is 10.2. The maximum Gasteiger partial charge on any atom is 0.339 e. The van der Waals surface area contributed by atoms with E-state index in [0.717, 1.165) is 0 Å². The highest BCUT2D eigenvalue weighted by atomic mass is 32.9. The molecule has 1 aromatic carbocycles. The minimum atomic E-state index is -3.86. The topological polar surface area (TPSA) is 83.8 Å². The Morgan fingerprint density at radius 3 is 2.50 bits per heavy atom. The molecule has 0 spiro atoms. The summed E-state index contributed by atoms with van der Waals surface area (Å²) in [6, 6.07) is 5.45. The third-order valence-electron chi connectivity index (χ3n) is 1.31. The molecule has 0 aliphatic rings. The van der Waals surface area contributed by atoms with Crippen LogP contribution in [0, 0.1) is 0 Å². The molecule has 0 aromatic heterocycles. The van der Waals surface area contributed by atoms with Crippen molar-refractivity contribution in [1.29, 1.82) is 0 Å². The zero-order chi connectivity index (χ0) is 10.8. The highest BCUT2D eigenvalue weighted by molar-refractivity contribution is 8.27. The highest BCUT2D eigenvalue weighted by Gasteiger charge is 2.13. The Bertz CT molecular complexity index is 451. The molecule has 0 fully saturated rings. The average Bonchev–Trinajstić information content (AvgIpc) is 2.01. The molecule has 0 amide bonds. The van der Waals surface area contributed by atoms with Crippen LogP contribution in [0.25, 0.3) is 0 Å². The normalized spacial score (nSPS) is 14.4. The van der Waals surface area contributed by atoms with Gasteiger partial charge in [0.15, 0.2) is 5.75 Å². The van der Waals surface area contributed by atoms with Crippen molar-refractivity contribution in [2.24, 2.45) is 0 Å². The second kappa shape index (κ2) is 3.91. The van der Waals surface area contributed by atoms with Gasteiger partial charge in [-0.2, -0.15) is 4.21 Å². The van der Waals surface area contributed by atoms with Gasteiger partial charge in [-0.15, -0.1) is 0 Å². The first-order valence-corrected chi connectivity index (χ1v) is 5.76. The summed E-state index contributed by atoms with van der Waals surface area (Å²) >= 11 is 4.08. The van der Waals surface area contributed by atoms with E-state index >= 15 is 0 Å². The number of hydrogen-bond donors (Lipinski definition) is 2. The van der Waals surface area contributed by atoms with Gasteiger partial charge in [0.05, 0.1) is 11.2 Å². The number of carboxylic acids is 1. The second-order valence-corrected chi connectivity index (χ2v) is 4.60. The van der Waals surface area contributed by atoms with Gasteiger partial charge in [0, 0.05) is 0 Å². The molecule has 0 aliphatic heterocycles. The smallest absolute Gasteiger partial charge is 0.339 e. The van der Waals surface area contributed by atoms with Crippen LogP contribution in [-0.4, -0.2) is 19.8 Å². The summed E-state index contributed by atoms with van der Waals surface area (Å²) < 4.78 is 23.8. The molecule has 0 heterocycles. The Kier molecular flexibility index (Phi) is 3.04. The van der Waals surface area contributed by atoms with E-state index in [1.807, 2.05) is 0 Å². The largest absolute Gasteiger partial charge is 0.478 e. The van der Waals surface area contributed by atoms with Crippen LogP contribution in [0.5, 0.6) is 5.75 Å². The fourth-order valence-electron chi connectivity index (χ4n) is 0.829. The Labute approximate surface area is 85.0 Å². The standard InChI is InChI=1S/C7H6O5S2/c8-7(9)5-3-1-2-4-6(5)12-14(10,11)13/h1-4H,(H,8,9)(H,10,11,13). The fourth-order valence-corrected chi connectivity index (χ4v) is 1.42. The molecule has 1 rings (SSSR count). The molecule has 0 saturated heterocycles. The molecule has 14 heavy (non-hydrogen) atoms. The van der Waals surface area contributed by atoms with E-state index < -0.39 is 15.0 Å². The molecule has 1 unspecified atom stereocenters. The molecule has 1 aromatic rings. The summed E-state index contributed by atoms with van der Waals surface area (Å²) in [5, 5.41) is 8.67. The Balaban J connectivity index is 3.15. The monoisotopic (exact) mass is 234 g/mol. The SMILES string of the molecule is O=C(O)c1ccccc1OS(=O)(O)=S. The molecule has 2 N–H and O–H groups in total. The molecule has 7 heteroatoms. The molecular formula is C7H6O5S2. The lowest BCUT2D eigenvalue weighted by Gasteiger charge is -2.05. The third kappa shape index (κ3) is 2.95. The van der Waals surface area contributed by atoms with Crippen LogP contribution in [0.15, 0.2) is 24.3 Å². The maximum absolute atomic E-state index is 10.7. The van der Waals surface area contributed by atoms with Crippen molar-refractivity contribution in [3.63, 3.8) is 0 Å². The maximum atomic E-state index is 10.7. The van der Waals surface area contributed by atoms with Crippen LogP contribution in [-0.2, 0) is 20.2 Å². The van der Waals surface area contributed by atoms with Crippen LogP contribution >= 0.6 is 0 Å². The third-order valence-corrected chi connectivity index (χ3v) is 1.91. The van der Waals surface area contributed by atoms with E-state index in [1.54, 1.807) is 0 Å². The van der Waals surface area contributed by atoms with Gasteiger partial charge in [-0.25, -0.2) is 4.79 Å². The van der Waals surface area contributed by atoms with E-state index in [4.69, 9.17) is 9.66 Å². The lowest BCUT2D eigenvalue weighted by Crippen LogP contribution is -2.09. The number of carboxylic acid groups (broad SMARTS) is 1. The van der Waals surface area contributed by atoms with Crippen LogP contribution in [0.1, 0.15) is 10.4 Å². The van der Waals surface area contributed by atoms with Crippen molar-refractivity contribution in [3.8, 4) is 5.75 Å². The Morgan fingerprint density at radius 2 is 2.00 bits per heavy atom. The van der Waals surface area contributed by atoms with Gasteiger partial charge in [-0.1, -0.05) is 12.1 Å². The summed E-state index contributed by atoms with van der Waals surface area (Å²) in [5.74, 6) is -1.47. The molecule has 0 bridgehead atoms. The van der Waals surface area contributed by atoms with E-state index in [9.17, 15) is 9.00 Å². The van der Waals surface area contributed by atoms with Gasteiger partial charge in [0.25, 0.3) is 0 Å². The number of para-hydroxylation sites is 1. The molecule has 0 saturated carbocycles. The van der Waals surface area contributed by atoms with Crippen molar-refractivity contribution < 1.29 is 22.8 Å². The molecule has 1 atom stereocenters. The van der Waals surface area contributed by atoms with Gasteiger partial charge < -0.3 is 9.29 Å². The average molecular weight is 234 g/mol. The molecular weight excluding hydrogens is 228 g/mol. The van der Waals surface area contributed by atoms with Crippen molar-refractivity contribution in [2.75, 3.05) is 0 Å². The molecule has 5 nitrogen and oxygen atoms in total. The number of rotatable bonds is 3. The summed E-state index contributed by atoms with van der Waals surface area (Å²) in [6.07, 6.45) is 0. The van der Waals surface area contributed by atoms with E-state index in [-0.39, 0.29) is 11.3 Å². The van der Waals surface area contributed by atoms with E-state index in [1.165, 1.54) is 24.3 Å². The Morgan fingerprint density at radius 1 is 1.43 bits per heavy atom. The van der Waals surface area contributed by atoms with E-state index in [0.29, 0.717) is 0 Å². The van der Waals surface area contributed by atoms with Gasteiger partial charge in [-0.3, -0.25) is 4.55 Å². The molecule has 0 radical (unpaired) electrons. The van der Waals surface area contributed by atoms with E-state index in [2.05, 4.69) is 15.4 Å². The van der Waals surface area contributed by atoms with Gasteiger partial charge in [-0.05, 0) is 12.1 Å². The van der Waals surface area contributed by atoms with Crippen molar-refractivity contribution in [1.82, 2.24) is 0 Å². The zero-order valence-electron chi connectivity index (χ0n) is 6.75. The van der Waals surface area contributed by atoms with Crippen molar-refractivity contribution >= 4 is 26.2 Å². The minimum Gasteiger partial charge on any atom is -0.478 e. The molecule has 76 valence electrons. The van der Waals surface area contributed by atoms with Crippen LogP contribution in [0.2, 0.25) is 0 Å². The number of aromatic carboxylic acids is 1. The summed E-state index contributed by atoms with van der Waals surface area (Å²) in [4.78, 5) is 10.6. The van der Waals surface area contributed by atoms with Crippen molar-refractivity contribution in [2.45, 2.75) is 0 Å². The van der Waals surface area contributed by atoms with Crippen LogP contribution in [0.4, 0.5) is 0 Å². The number of hydrogen-bond acceptors (Lipinski definition) is 4.